The van der Waals surface area contributed by atoms with Crippen LogP contribution in [-0.2, 0) is 23.9 Å². The van der Waals surface area contributed by atoms with E-state index >= 15 is 0 Å². The Kier molecular flexibility index (Phi) is 4.12. The molecule has 0 aliphatic carbocycles. The molecule has 2 aromatic rings. The Hall–Kier alpha value is -2.86. The lowest BCUT2D eigenvalue weighted by molar-refractivity contribution is 0.421. The second kappa shape index (κ2) is 5.73. The van der Waals surface area contributed by atoms with Gasteiger partial charge in [0, 0.05) is 20.4 Å². The normalized spacial score (nSPS) is 11.0. The summed E-state index contributed by atoms with van der Waals surface area (Å²) < 4.78 is 30.1. The number of nitriles is 1. The molecule has 9 heteroatoms. The molecule has 0 radical (unpaired) electrons. The quantitative estimate of drug-likeness (QED) is 0.789. The number of hydrogen-bond acceptors (Lipinski definition) is 6. The summed E-state index contributed by atoms with van der Waals surface area (Å²) in [5.41, 5.74) is -1.73. The van der Waals surface area contributed by atoms with Gasteiger partial charge < -0.3 is 4.74 Å². The Morgan fingerprint density at radius 1 is 1.09 bits per heavy atom. The van der Waals surface area contributed by atoms with Crippen LogP contribution in [0.3, 0.4) is 0 Å². The fourth-order valence-corrected chi connectivity index (χ4v) is 2.54. The molecule has 0 aliphatic heterocycles. The van der Waals surface area contributed by atoms with Crippen LogP contribution in [-0.4, -0.2) is 23.8 Å². The molecule has 0 spiro atoms. The van der Waals surface area contributed by atoms with E-state index in [1.807, 2.05) is 0 Å². The van der Waals surface area contributed by atoms with Crippen molar-refractivity contribution >= 4 is 9.84 Å². The topological polar surface area (TPSA) is 111 Å². The molecule has 0 unspecified atom stereocenters. The fraction of sp³-hybridized carbons (Fsp3) is 0.214. The minimum absolute atomic E-state index is 0.100. The highest BCUT2D eigenvalue weighted by atomic mass is 32.2. The van der Waals surface area contributed by atoms with Crippen LogP contribution < -0.4 is 16.0 Å². The highest BCUT2D eigenvalue weighted by Gasteiger charge is 2.17. The van der Waals surface area contributed by atoms with Gasteiger partial charge in [-0.15, -0.1) is 0 Å². The lowest BCUT2D eigenvalue weighted by Gasteiger charge is -2.12. The fourth-order valence-electron chi connectivity index (χ4n) is 1.91. The van der Waals surface area contributed by atoms with Crippen molar-refractivity contribution in [3.8, 4) is 17.7 Å². The van der Waals surface area contributed by atoms with Crippen LogP contribution in [0.4, 0.5) is 0 Å². The summed E-state index contributed by atoms with van der Waals surface area (Å²) in [5, 5.41) is 9.13. The lowest BCUT2D eigenvalue weighted by atomic mass is 10.3. The van der Waals surface area contributed by atoms with Gasteiger partial charge in [0.1, 0.15) is 11.8 Å². The second-order valence-corrected chi connectivity index (χ2v) is 6.86. The molecule has 0 atom stereocenters. The largest absolute Gasteiger partial charge is 0.439 e. The highest BCUT2D eigenvalue weighted by molar-refractivity contribution is 7.90. The van der Waals surface area contributed by atoms with Crippen LogP contribution in [0.1, 0.15) is 5.56 Å². The van der Waals surface area contributed by atoms with Gasteiger partial charge in [0.25, 0.3) is 5.56 Å². The maximum atomic E-state index is 11.9. The number of nitrogens with zero attached hydrogens (tertiary/aromatic N) is 3. The van der Waals surface area contributed by atoms with Gasteiger partial charge in [-0.05, 0) is 24.3 Å². The Morgan fingerprint density at radius 3 is 2.13 bits per heavy atom. The maximum Gasteiger partial charge on any atom is 0.333 e. The van der Waals surface area contributed by atoms with Crippen molar-refractivity contribution in [2.75, 3.05) is 6.26 Å². The number of ether oxygens (including phenoxy) is 1. The average Bonchev–Trinajstić information content (AvgIpc) is 2.50. The van der Waals surface area contributed by atoms with E-state index in [0.717, 1.165) is 15.4 Å². The minimum Gasteiger partial charge on any atom is -0.439 e. The average molecular weight is 335 g/mol. The van der Waals surface area contributed by atoms with E-state index in [-0.39, 0.29) is 22.1 Å². The van der Waals surface area contributed by atoms with Crippen molar-refractivity contribution in [3.63, 3.8) is 0 Å². The molecule has 120 valence electrons. The van der Waals surface area contributed by atoms with Crippen LogP contribution in [0.2, 0.25) is 0 Å². The molecule has 0 saturated heterocycles. The molecule has 1 aromatic heterocycles. The lowest BCUT2D eigenvalue weighted by Crippen LogP contribution is -2.38. The van der Waals surface area contributed by atoms with Crippen molar-refractivity contribution in [1.82, 2.24) is 9.13 Å². The van der Waals surface area contributed by atoms with Gasteiger partial charge in [-0.25, -0.2) is 13.2 Å². The standard InChI is InChI=1S/C14H13N3O5S/c1-16-12(18)11(8-15)13(17(2)14(16)19)22-9-4-6-10(7-5-9)23(3,20)21/h4-7H,1-3H3. The summed E-state index contributed by atoms with van der Waals surface area (Å²) in [6, 6.07) is 7.12. The van der Waals surface area contributed by atoms with Crippen molar-refractivity contribution in [2.45, 2.75) is 4.90 Å². The Morgan fingerprint density at radius 2 is 1.65 bits per heavy atom. The van der Waals surface area contributed by atoms with Gasteiger partial charge in [-0.3, -0.25) is 13.9 Å². The maximum absolute atomic E-state index is 11.9. The first-order valence-electron chi connectivity index (χ1n) is 6.35. The molecule has 0 N–H and O–H groups in total. The molecule has 1 heterocycles. The van der Waals surface area contributed by atoms with Gasteiger partial charge in [0.15, 0.2) is 15.4 Å². The Balaban J connectivity index is 2.56. The number of benzene rings is 1. The van der Waals surface area contributed by atoms with Crippen molar-refractivity contribution in [2.24, 2.45) is 14.1 Å². The van der Waals surface area contributed by atoms with Gasteiger partial charge >= 0.3 is 5.69 Å². The SMILES string of the molecule is Cn1c(Oc2ccc(S(C)(=O)=O)cc2)c(C#N)c(=O)n(C)c1=O. The first-order valence-corrected chi connectivity index (χ1v) is 8.24. The van der Waals surface area contributed by atoms with Gasteiger partial charge in [-0.1, -0.05) is 0 Å². The van der Waals surface area contributed by atoms with Crippen LogP contribution in [0.15, 0.2) is 38.8 Å². The summed E-state index contributed by atoms with van der Waals surface area (Å²) in [6.07, 6.45) is 1.07. The monoisotopic (exact) mass is 335 g/mol. The molecule has 0 bridgehead atoms. The van der Waals surface area contributed by atoms with E-state index in [9.17, 15) is 18.0 Å². The van der Waals surface area contributed by atoms with E-state index < -0.39 is 21.1 Å². The van der Waals surface area contributed by atoms with Crippen molar-refractivity contribution in [3.05, 3.63) is 50.7 Å². The van der Waals surface area contributed by atoms with Gasteiger partial charge in [0.2, 0.25) is 5.88 Å². The van der Waals surface area contributed by atoms with Crippen LogP contribution in [0, 0.1) is 11.3 Å². The zero-order chi connectivity index (χ0) is 17.4. The molecule has 0 fully saturated rings. The smallest absolute Gasteiger partial charge is 0.333 e. The third kappa shape index (κ3) is 3.02. The molecule has 0 saturated carbocycles. The number of sulfone groups is 1. The Labute approximate surface area is 131 Å². The predicted octanol–water partition coefficient (Wildman–Crippen LogP) is 0.151. The van der Waals surface area contributed by atoms with E-state index in [4.69, 9.17) is 10.00 Å². The molecule has 23 heavy (non-hydrogen) atoms. The molecular weight excluding hydrogens is 322 g/mol. The predicted molar refractivity (Wildman–Crippen MR) is 81.3 cm³/mol. The molecule has 8 nitrogen and oxygen atoms in total. The van der Waals surface area contributed by atoms with Crippen LogP contribution >= 0.6 is 0 Å². The van der Waals surface area contributed by atoms with Gasteiger partial charge in [0.05, 0.1) is 4.90 Å². The summed E-state index contributed by atoms with van der Waals surface area (Å²) in [6.45, 7) is 0. The highest BCUT2D eigenvalue weighted by Crippen LogP contribution is 2.23. The zero-order valence-corrected chi connectivity index (χ0v) is 13.4. The summed E-state index contributed by atoms with van der Waals surface area (Å²) in [7, 11) is -0.725. The second-order valence-electron chi connectivity index (χ2n) is 4.84. The summed E-state index contributed by atoms with van der Waals surface area (Å²) in [4.78, 5) is 23.9. The zero-order valence-electron chi connectivity index (χ0n) is 12.6. The van der Waals surface area contributed by atoms with Crippen LogP contribution in [0.25, 0.3) is 0 Å². The van der Waals surface area contributed by atoms with Crippen molar-refractivity contribution < 1.29 is 13.2 Å². The first kappa shape index (κ1) is 16.5. The number of hydrogen-bond donors (Lipinski definition) is 0. The summed E-state index contributed by atoms with van der Waals surface area (Å²) >= 11 is 0. The minimum atomic E-state index is -3.35. The van der Waals surface area contributed by atoms with E-state index in [0.29, 0.717) is 0 Å². The van der Waals surface area contributed by atoms with E-state index in [2.05, 4.69) is 0 Å². The third-order valence-corrected chi connectivity index (χ3v) is 4.32. The number of aromatic nitrogens is 2. The molecule has 0 amide bonds. The van der Waals surface area contributed by atoms with E-state index in [1.165, 1.54) is 38.4 Å². The third-order valence-electron chi connectivity index (χ3n) is 3.19. The molecule has 0 aliphatic rings. The number of rotatable bonds is 3. The molecule has 1 aromatic carbocycles. The Bertz CT molecular complexity index is 1020. The van der Waals surface area contributed by atoms with E-state index in [1.54, 1.807) is 6.07 Å². The van der Waals surface area contributed by atoms with Gasteiger partial charge in [-0.2, -0.15) is 5.26 Å². The van der Waals surface area contributed by atoms with Crippen LogP contribution in [0.5, 0.6) is 11.6 Å². The molecular formula is C14H13N3O5S. The van der Waals surface area contributed by atoms with Crippen molar-refractivity contribution in [1.29, 1.82) is 5.26 Å². The first-order chi connectivity index (χ1) is 10.7. The summed E-state index contributed by atoms with van der Waals surface area (Å²) in [5.74, 6) is -0.00939. The molecule has 2 rings (SSSR count).